The van der Waals surface area contributed by atoms with Crippen molar-refractivity contribution in [1.82, 2.24) is 25.1 Å². The van der Waals surface area contributed by atoms with E-state index >= 15 is 0 Å². The Labute approximate surface area is 188 Å². The average Bonchev–Trinajstić information content (AvgIpc) is 3.43. The summed E-state index contributed by atoms with van der Waals surface area (Å²) in [7, 11) is 0. The Morgan fingerprint density at radius 3 is 2.91 bits per heavy atom. The Kier molecular flexibility index (Phi) is 5.16. The third-order valence-corrected chi connectivity index (χ3v) is 6.42. The molecule has 2 amide bonds. The van der Waals surface area contributed by atoms with Gasteiger partial charge in [-0.15, -0.1) is 0 Å². The quantitative estimate of drug-likeness (QED) is 0.673. The van der Waals surface area contributed by atoms with Crippen LogP contribution in [0.1, 0.15) is 41.8 Å². The number of aromatic nitrogens is 2. The topological polar surface area (TPSA) is 73.4 Å². The number of anilines is 1. The third kappa shape index (κ3) is 3.97. The smallest absolute Gasteiger partial charge is 0.363 e. The summed E-state index contributed by atoms with van der Waals surface area (Å²) in [5, 5.41) is 6.58. The molecule has 11 heteroatoms. The number of halogens is 4. The van der Waals surface area contributed by atoms with Crippen molar-refractivity contribution in [1.29, 1.82) is 0 Å². The molecule has 3 heterocycles. The lowest BCUT2D eigenvalue weighted by molar-refractivity contribution is -0.137. The highest BCUT2D eigenvalue weighted by Crippen LogP contribution is 2.36. The summed E-state index contributed by atoms with van der Waals surface area (Å²) < 4.78 is 39.3. The van der Waals surface area contributed by atoms with Crippen LogP contribution < -0.4 is 10.6 Å². The normalized spacial score (nSPS) is 22.9. The number of amides is 2. The summed E-state index contributed by atoms with van der Waals surface area (Å²) in [6, 6.07) is 5.30. The molecular formula is C21H22ClF3N6O. The first kappa shape index (κ1) is 21.3. The molecule has 1 saturated carbocycles. The third-order valence-electron chi connectivity index (χ3n) is 6.25. The second kappa shape index (κ2) is 7.77. The highest BCUT2D eigenvalue weighted by molar-refractivity contribution is 6.28. The van der Waals surface area contributed by atoms with Gasteiger partial charge in [0, 0.05) is 30.7 Å². The number of piperazine rings is 1. The Morgan fingerprint density at radius 1 is 1.31 bits per heavy atom. The molecular weight excluding hydrogens is 445 g/mol. The van der Waals surface area contributed by atoms with Crippen LogP contribution in [-0.2, 0) is 19.3 Å². The first-order valence-corrected chi connectivity index (χ1v) is 10.9. The van der Waals surface area contributed by atoms with Crippen molar-refractivity contribution < 1.29 is 18.0 Å². The summed E-state index contributed by atoms with van der Waals surface area (Å²) in [6.07, 6.45) is -3.44. The van der Waals surface area contributed by atoms with Crippen LogP contribution in [0.4, 0.5) is 23.8 Å². The molecule has 2 fully saturated rings. The lowest BCUT2D eigenvalue weighted by Gasteiger charge is -2.31. The summed E-state index contributed by atoms with van der Waals surface area (Å²) in [4.78, 5) is 25.3. The SMILES string of the molecule is C[C@@H](Nc1nc(Cl)nc2c1CN(C(=O)N1CCNC3CC31)C2)c1cccc(C(F)(F)F)c1. The molecule has 0 bridgehead atoms. The van der Waals surface area contributed by atoms with E-state index in [0.29, 0.717) is 42.8 Å². The highest BCUT2D eigenvalue weighted by Gasteiger charge is 2.47. The molecule has 0 spiro atoms. The second-order valence-electron chi connectivity index (χ2n) is 8.45. The van der Waals surface area contributed by atoms with E-state index in [-0.39, 0.29) is 17.4 Å². The first-order chi connectivity index (χ1) is 15.2. The van der Waals surface area contributed by atoms with Crippen LogP contribution in [0.15, 0.2) is 24.3 Å². The van der Waals surface area contributed by atoms with Gasteiger partial charge in [0.15, 0.2) is 0 Å². The van der Waals surface area contributed by atoms with E-state index in [2.05, 4.69) is 20.6 Å². The van der Waals surface area contributed by atoms with Crippen molar-refractivity contribution in [2.24, 2.45) is 0 Å². The van der Waals surface area contributed by atoms with Crippen LogP contribution in [0.3, 0.4) is 0 Å². The number of hydrogen-bond donors (Lipinski definition) is 2. The fourth-order valence-corrected chi connectivity index (χ4v) is 4.64. The number of alkyl halides is 3. The molecule has 1 aliphatic carbocycles. The zero-order chi connectivity index (χ0) is 22.6. The molecule has 1 saturated heterocycles. The monoisotopic (exact) mass is 466 g/mol. The van der Waals surface area contributed by atoms with Gasteiger partial charge in [0.1, 0.15) is 5.82 Å². The van der Waals surface area contributed by atoms with Crippen LogP contribution in [0, 0.1) is 0 Å². The van der Waals surface area contributed by atoms with Gasteiger partial charge >= 0.3 is 12.2 Å². The Bertz CT molecular complexity index is 1060. The molecule has 5 rings (SSSR count). The largest absolute Gasteiger partial charge is 0.416 e. The zero-order valence-corrected chi connectivity index (χ0v) is 18.0. The van der Waals surface area contributed by atoms with Crippen molar-refractivity contribution in [2.45, 2.75) is 50.7 Å². The van der Waals surface area contributed by atoms with Gasteiger partial charge in [-0.1, -0.05) is 12.1 Å². The predicted molar refractivity (Wildman–Crippen MR) is 112 cm³/mol. The Balaban J connectivity index is 1.35. The summed E-state index contributed by atoms with van der Waals surface area (Å²) >= 11 is 6.12. The minimum Gasteiger partial charge on any atom is -0.363 e. The van der Waals surface area contributed by atoms with Gasteiger partial charge in [-0.25, -0.2) is 14.8 Å². The van der Waals surface area contributed by atoms with Crippen molar-refractivity contribution in [3.63, 3.8) is 0 Å². The van der Waals surface area contributed by atoms with E-state index < -0.39 is 17.8 Å². The minimum atomic E-state index is -4.42. The Morgan fingerprint density at radius 2 is 2.12 bits per heavy atom. The number of nitrogens with one attached hydrogen (secondary N) is 2. The van der Waals surface area contributed by atoms with Gasteiger partial charge < -0.3 is 20.4 Å². The van der Waals surface area contributed by atoms with Crippen LogP contribution in [0.25, 0.3) is 0 Å². The number of benzene rings is 1. The number of rotatable bonds is 3. The number of fused-ring (bicyclic) bond motifs is 2. The van der Waals surface area contributed by atoms with Crippen LogP contribution in [-0.4, -0.2) is 51.0 Å². The van der Waals surface area contributed by atoms with E-state index in [1.54, 1.807) is 17.9 Å². The molecule has 0 radical (unpaired) electrons. The maximum Gasteiger partial charge on any atom is 0.416 e. The number of urea groups is 1. The maximum absolute atomic E-state index is 13.1. The van der Waals surface area contributed by atoms with Crippen LogP contribution >= 0.6 is 11.6 Å². The first-order valence-electron chi connectivity index (χ1n) is 10.5. The molecule has 2 aliphatic heterocycles. The summed E-state index contributed by atoms with van der Waals surface area (Å²) in [6.45, 7) is 3.84. The predicted octanol–water partition coefficient (Wildman–Crippen LogP) is 3.80. The number of carbonyl (C=O) groups is 1. The van der Waals surface area contributed by atoms with Gasteiger partial charge in [-0.05, 0) is 42.6 Å². The molecule has 2 N–H and O–H groups in total. The van der Waals surface area contributed by atoms with Crippen LogP contribution in [0.5, 0.6) is 0 Å². The fraction of sp³-hybridized carbons (Fsp3) is 0.476. The molecule has 3 aliphatic rings. The van der Waals surface area contributed by atoms with Crippen molar-refractivity contribution in [3.8, 4) is 0 Å². The lowest BCUT2D eigenvalue weighted by Crippen LogP contribution is -2.50. The van der Waals surface area contributed by atoms with E-state index in [4.69, 9.17) is 11.6 Å². The van der Waals surface area contributed by atoms with E-state index in [1.807, 2.05) is 4.90 Å². The molecule has 3 atom stereocenters. The van der Waals surface area contributed by atoms with Crippen LogP contribution in [0.2, 0.25) is 5.28 Å². The maximum atomic E-state index is 13.1. The van der Waals surface area contributed by atoms with Gasteiger partial charge in [0.05, 0.1) is 30.4 Å². The van der Waals surface area contributed by atoms with Gasteiger partial charge in [0.25, 0.3) is 0 Å². The molecule has 2 unspecified atom stereocenters. The molecule has 32 heavy (non-hydrogen) atoms. The van der Waals surface area contributed by atoms with E-state index in [1.165, 1.54) is 6.07 Å². The molecule has 1 aromatic carbocycles. The summed E-state index contributed by atoms with van der Waals surface area (Å²) in [5.41, 5.74) is 1.15. The lowest BCUT2D eigenvalue weighted by atomic mass is 10.0. The zero-order valence-electron chi connectivity index (χ0n) is 17.3. The standard InChI is InChI=1S/C21H22ClF3N6O/c1-11(12-3-2-4-13(7-12)21(23,24)25)27-18-14-9-30(10-16(14)28-19(22)29-18)20(32)31-6-5-26-15-8-17(15)31/h2-4,7,11,15,17,26H,5-6,8-10H2,1H3,(H,27,28,29)/t11-,15?,17?/m1/s1. The van der Waals surface area contributed by atoms with Crippen molar-refractivity contribution >= 4 is 23.4 Å². The fourth-order valence-electron chi connectivity index (χ4n) is 4.45. The molecule has 2 aromatic rings. The number of carbonyl (C=O) groups excluding carboxylic acids is 1. The summed E-state index contributed by atoms with van der Waals surface area (Å²) in [5.74, 6) is 0.435. The molecule has 170 valence electrons. The Hall–Kier alpha value is -2.59. The molecule has 7 nitrogen and oxygen atoms in total. The second-order valence-corrected chi connectivity index (χ2v) is 8.79. The van der Waals surface area contributed by atoms with Crippen molar-refractivity contribution in [2.75, 3.05) is 18.4 Å². The van der Waals surface area contributed by atoms with Crippen molar-refractivity contribution in [3.05, 3.63) is 51.9 Å². The van der Waals surface area contributed by atoms with Gasteiger partial charge in [-0.2, -0.15) is 13.2 Å². The van der Waals surface area contributed by atoms with E-state index in [0.717, 1.165) is 30.7 Å². The minimum absolute atomic E-state index is 0.0289. The van der Waals surface area contributed by atoms with Gasteiger partial charge in [-0.3, -0.25) is 0 Å². The number of hydrogen-bond acceptors (Lipinski definition) is 5. The molecule has 1 aromatic heterocycles. The number of nitrogens with zero attached hydrogens (tertiary/aromatic N) is 4. The highest BCUT2D eigenvalue weighted by atomic mass is 35.5. The van der Waals surface area contributed by atoms with Gasteiger partial charge in [0.2, 0.25) is 5.28 Å². The average molecular weight is 467 g/mol. The van der Waals surface area contributed by atoms with E-state index in [9.17, 15) is 18.0 Å².